The van der Waals surface area contributed by atoms with Gasteiger partial charge in [0.05, 0.1) is 18.7 Å². The zero-order valence-corrected chi connectivity index (χ0v) is 23.0. The van der Waals surface area contributed by atoms with E-state index in [4.69, 9.17) is 4.74 Å². The molecule has 5 rings (SSSR count). The van der Waals surface area contributed by atoms with Crippen LogP contribution in [0.3, 0.4) is 0 Å². The van der Waals surface area contributed by atoms with Crippen LogP contribution in [0.2, 0.25) is 0 Å². The molecular formula is C30H47NO4. The second-order valence-electron chi connectivity index (χ2n) is 12.8. The molecule has 1 N–H and O–H groups in total. The fourth-order valence-corrected chi connectivity index (χ4v) is 9.71. The summed E-state index contributed by atoms with van der Waals surface area (Å²) < 4.78 is 5.11. The molecule has 9 unspecified atom stereocenters. The Labute approximate surface area is 212 Å². The Bertz CT molecular complexity index is 923. The summed E-state index contributed by atoms with van der Waals surface area (Å²) in [7, 11) is 1.49. The van der Waals surface area contributed by atoms with E-state index < -0.39 is 0 Å². The van der Waals surface area contributed by atoms with Gasteiger partial charge in [0.2, 0.25) is 0 Å². The van der Waals surface area contributed by atoms with Gasteiger partial charge in [0.15, 0.2) is 5.78 Å². The highest BCUT2D eigenvalue weighted by molar-refractivity contribution is 5.96. The molecule has 4 fully saturated rings. The monoisotopic (exact) mass is 485 g/mol. The fourth-order valence-electron chi connectivity index (χ4n) is 9.71. The molecule has 0 radical (unpaired) electrons. The second kappa shape index (κ2) is 9.34. The Kier molecular flexibility index (Phi) is 7.05. The number of oxime groups is 1. The van der Waals surface area contributed by atoms with Crippen LogP contribution in [0.1, 0.15) is 99.3 Å². The van der Waals surface area contributed by atoms with Gasteiger partial charge in [-0.15, -0.1) is 0 Å². The molecule has 5 nitrogen and oxygen atoms in total. The predicted octanol–water partition coefficient (Wildman–Crippen LogP) is 6.83. The van der Waals surface area contributed by atoms with Crippen LogP contribution in [0.15, 0.2) is 16.8 Å². The maximum absolute atomic E-state index is 14.0. The van der Waals surface area contributed by atoms with Crippen molar-refractivity contribution in [3.8, 4) is 0 Å². The van der Waals surface area contributed by atoms with E-state index in [2.05, 4.69) is 32.9 Å². The van der Waals surface area contributed by atoms with Crippen LogP contribution in [0.4, 0.5) is 0 Å². The van der Waals surface area contributed by atoms with E-state index in [0.29, 0.717) is 23.5 Å². The SMILES string of the molecule is CC.COC(=O)C1CCC2(C)CCC3C(=CC(=O)C4C3(C)CCC3C(C)/C(=N/O)CCC34C)C2C1. The van der Waals surface area contributed by atoms with E-state index in [-0.39, 0.29) is 40.0 Å². The first kappa shape index (κ1) is 26.4. The zero-order chi connectivity index (χ0) is 25.8. The molecular weight excluding hydrogens is 438 g/mol. The second-order valence-corrected chi connectivity index (χ2v) is 12.8. The first-order chi connectivity index (χ1) is 16.6. The lowest BCUT2D eigenvalue weighted by Gasteiger charge is -2.65. The van der Waals surface area contributed by atoms with E-state index in [1.165, 1.54) is 19.1 Å². The predicted molar refractivity (Wildman–Crippen MR) is 138 cm³/mol. The molecule has 0 heterocycles. The van der Waals surface area contributed by atoms with Gasteiger partial charge >= 0.3 is 5.97 Å². The minimum Gasteiger partial charge on any atom is -0.469 e. The van der Waals surface area contributed by atoms with Crippen molar-refractivity contribution >= 4 is 17.5 Å². The molecule has 5 aliphatic rings. The third-order valence-electron chi connectivity index (χ3n) is 11.5. The van der Waals surface area contributed by atoms with Crippen molar-refractivity contribution in [2.75, 3.05) is 7.11 Å². The highest BCUT2D eigenvalue weighted by Gasteiger charge is 2.64. The van der Waals surface area contributed by atoms with Crippen molar-refractivity contribution in [3.63, 3.8) is 0 Å². The summed E-state index contributed by atoms with van der Waals surface area (Å²) >= 11 is 0. The van der Waals surface area contributed by atoms with Gasteiger partial charge in [-0.05, 0) is 97.9 Å². The highest BCUT2D eigenvalue weighted by atomic mass is 16.5. The Morgan fingerprint density at radius 2 is 1.71 bits per heavy atom. The van der Waals surface area contributed by atoms with E-state index in [1.807, 2.05) is 19.9 Å². The summed E-state index contributed by atoms with van der Waals surface area (Å²) in [6.07, 6.45) is 11.0. The van der Waals surface area contributed by atoms with Crippen molar-refractivity contribution < 1.29 is 19.5 Å². The standard InChI is InChI=1S/C28H41NO4.C2H6/c1-16-19-8-12-28(4)20-7-11-26(2)10-6-17(25(31)33-5)14-21(26)18(20)15-23(30)24(28)27(19,3)13-9-22(16)29-32;1-2/h15-17,19-21,24,32H,6-14H2,1-5H3;1-2H3/b29-22+;. The lowest BCUT2D eigenvalue weighted by Crippen LogP contribution is -2.61. The fraction of sp³-hybridized carbons (Fsp3) is 0.833. The highest BCUT2D eigenvalue weighted by Crippen LogP contribution is 2.69. The van der Waals surface area contributed by atoms with Crippen molar-refractivity contribution in [2.45, 2.75) is 99.3 Å². The molecule has 0 aromatic heterocycles. The Morgan fingerprint density at radius 1 is 1.03 bits per heavy atom. The number of fused-ring (bicyclic) bond motifs is 7. The average Bonchev–Trinajstić information content (AvgIpc) is 2.84. The Balaban J connectivity index is 0.00000141. The molecule has 0 bridgehead atoms. The molecule has 196 valence electrons. The van der Waals surface area contributed by atoms with E-state index >= 15 is 0 Å². The summed E-state index contributed by atoms with van der Waals surface area (Å²) in [5.74, 6) is 1.57. The minimum absolute atomic E-state index is 0.0282. The van der Waals surface area contributed by atoms with Crippen LogP contribution in [-0.2, 0) is 14.3 Å². The van der Waals surface area contributed by atoms with E-state index in [0.717, 1.165) is 57.1 Å². The Morgan fingerprint density at radius 3 is 2.37 bits per heavy atom. The number of ether oxygens (including phenoxy) is 1. The number of nitrogens with zero attached hydrogens (tertiary/aromatic N) is 1. The quantitative estimate of drug-likeness (QED) is 0.251. The van der Waals surface area contributed by atoms with Gasteiger partial charge in [-0.1, -0.05) is 52.3 Å². The summed E-state index contributed by atoms with van der Waals surface area (Å²) in [6, 6.07) is 0. The molecule has 0 aliphatic heterocycles. The number of carbonyl (C=O) groups is 2. The van der Waals surface area contributed by atoms with Gasteiger partial charge in [-0.3, -0.25) is 9.59 Å². The van der Waals surface area contributed by atoms with Gasteiger partial charge in [0, 0.05) is 11.8 Å². The number of methoxy groups -OCH3 is 1. The number of rotatable bonds is 1. The first-order valence-corrected chi connectivity index (χ1v) is 14.1. The van der Waals surface area contributed by atoms with Gasteiger partial charge < -0.3 is 9.94 Å². The molecule has 5 heteroatoms. The van der Waals surface area contributed by atoms with Crippen molar-refractivity contribution in [3.05, 3.63) is 11.6 Å². The van der Waals surface area contributed by atoms with E-state index in [1.54, 1.807) is 0 Å². The number of esters is 1. The molecule has 0 aromatic rings. The van der Waals surface area contributed by atoms with E-state index in [9.17, 15) is 14.8 Å². The van der Waals surface area contributed by atoms with Gasteiger partial charge in [0.25, 0.3) is 0 Å². The maximum Gasteiger partial charge on any atom is 0.308 e. The van der Waals surface area contributed by atoms with Crippen LogP contribution in [0, 0.1) is 51.8 Å². The summed E-state index contributed by atoms with van der Waals surface area (Å²) in [6.45, 7) is 13.3. The molecule has 0 saturated heterocycles. The maximum atomic E-state index is 14.0. The molecule has 4 saturated carbocycles. The minimum atomic E-state index is -0.0865. The molecule has 0 amide bonds. The van der Waals surface area contributed by atoms with Crippen LogP contribution >= 0.6 is 0 Å². The normalized spacial score (nSPS) is 47.7. The number of hydrogen-bond acceptors (Lipinski definition) is 5. The lowest BCUT2D eigenvalue weighted by molar-refractivity contribution is -0.155. The third kappa shape index (κ3) is 3.82. The number of carbonyl (C=O) groups excluding carboxylic acids is 2. The molecule has 35 heavy (non-hydrogen) atoms. The third-order valence-corrected chi connectivity index (χ3v) is 11.5. The molecule has 5 aliphatic carbocycles. The van der Waals surface area contributed by atoms with Crippen molar-refractivity contribution in [2.24, 2.45) is 56.9 Å². The van der Waals surface area contributed by atoms with Crippen LogP contribution in [-0.4, -0.2) is 29.8 Å². The van der Waals surface area contributed by atoms with Gasteiger partial charge in [-0.2, -0.15) is 0 Å². The number of hydrogen-bond donors (Lipinski definition) is 1. The van der Waals surface area contributed by atoms with Crippen LogP contribution in [0.5, 0.6) is 0 Å². The summed E-state index contributed by atoms with van der Waals surface area (Å²) in [4.78, 5) is 26.4. The van der Waals surface area contributed by atoms with Crippen molar-refractivity contribution in [1.82, 2.24) is 0 Å². The molecule has 9 atom stereocenters. The zero-order valence-electron chi connectivity index (χ0n) is 23.0. The number of ketones is 1. The topological polar surface area (TPSA) is 76.0 Å². The smallest absolute Gasteiger partial charge is 0.308 e. The van der Waals surface area contributed by atoms with Crippen molar-refractivity contribution in [1.29, 1.82) is 0 Å². The van der Waals surface area contributed by atoms with Crippen LogP contribution < -0.4 is 0 Å². The average molecular weight is 486 g/mol. The molecule has 0 aromatic carbocycles. The van der Waals surface area contributed by atoms with Gasteiger partial charge in [-0.25, -0.2) is 0 Å². The summed E-state index contributed by atoms with van der Waals surface area (Å²) in [5.41, 5.74) is 2.36. The van der Waals surface area contributed by atoms with Crippen LogP contribution in [0.25, 0.3) is 0 Å². The Hall–Kier alpha value is -1.65. The largest absolute Gasteiger partial charge is 0.469 e. The lowest BCUT2D eigenvalue weighted by atomic mass is 9.38. The van der Waals surface area contributed by atoms with Gasteiger partial charge in [0.1, 0.15) is 0 Å². The summed E-state index contributed by atoms with van der Waals surface area (Å²) in [5, 5.41) is 13.1. The molecule has 0 spiro atoms. The first-order valence-electron chi connectivity index (χ1n) is 14.1. The number of allylic oxidation sites excluding steroid dienone is 2.